The molecule has 1 aromatic carbocycles. The molecule has 15 heavy (non-hydrogen) atoms. The summed E-state index contributed by atoms with van der Waals surface area (Å²) >= 11 is 0. The summed E-state index contributed by atoms with van der Waals surface area (Å²) in [6, 6.07) is 9.79. The van der Waals surface area contributed by atoms with E-state index >= 15 is 0 Å². The first-order valence-electron chi connectivity index (χ1n) is 4.77. The van der Waals surface area contributed by atoms with E-state index in [1.807, 2.05) is 31.2 Å². The fourth-order valence-electron chi connectivity index (χ4n) is 1.50. The quantitative estimate of drug-likeness (QED) is 0.744. The number of fused-ring (bicyclic) bond motifs is 1. The molecule has 0 unspecified atom stereocenters. The van der Waals surface area contributed by atoms with E-state index in [4.69, 9.17) is 10.00 Å². The number of rotatable bonds is 2. The Morgan fingerprint density at radius 1 is 1.40 bits per heavy atom. The van der Waals surface area contributed by atoms with Crippen molar-refractivity contribution in [1.29, 1.82) is 5.26 Å². The summed E-state index contributed by atoms with van der Waals surface area (Å²) in [7, 11) is 0. The molecule has 0 amide bonds. The number of pyridine rings is 1. The van der Waals surface area contributed by atoms with Gasteiger partial charge >= 0.3 is 0 Å². The molecule has 0 fully saturated rings. The van der Waals surface area contributed by atoms with E-state index in [1.54, 1.807) is 6.20 Å². The summed E-state index contributed by atoms with van der Waals surface area (Å²) in [6.07, 6.45) is 1.72. The van der Waals surface area contributed by atoms with Gasteiger partial charge in [0.1, 0.15) is 11.6 Å². The van der Waals surface area contributed by atoms with Gasteiger partial charge in [-0.1, -0.05) is 24.3 Å². The normalized spacial score (nSPS) is 9.87. The molecule has 0 bridgehead atoms. The van der Waals surface area contributed by atoms with Gasteiger partial charge in [-0.05, 0) is 6.92 Å². The monoisotopic (exact) mass is 198 g/mol. The lowest BCUT2D eigenvalue weighted by Crippen LogP contribution is -1.97. The molecule has 0 N–H and O–H groups in total. The van der Waals surface area contributed by atoms with Gasteiger partial charge in [0, 0.05) is 17.0 Å². The zero-order valence-electron chi connectivity index (χ0n) is 8.40. The summed E-state index contributed by atoms with van der Waals surface area (Å²) in [5, 5.41) is 10.9. The van der Waals surface area contributed by atoms with Crippen molar-refractivity contribution in [3.05, 3.63) is 36.0 Å². The molecule has 0 saturated carbocycles. The molecule has 1 aromatic heterocycles. The molecule has 2 aromatic rings. The van der Waals surface area contributed by atoms with Crippen molar-refractivity contribution in [3.8, 4) is 11.9 Å². The van der Waals surface area contributed by atoms with E-state index in [1.165, 1.54) is 0 Å². The number of ether oxygens (including phenoxy) is 1. The van der Waals surface area contributed by atoms with Crippen LogP contribution < -0.4 is 4.74 Å². The highest BCUT2D eigenvalue weighted by atomic mass is 16.5. The fraction of sp³-hybridized carbons (Fsp3) is 0.167. The molecule has 3 nitrogen and oxygen atoms in total. The van der Waals surface area contributed by atoms with Crippen molar-refractivity contribution < 1.29 is 4.74 Å². The van der Waals surface area contributed by atoms with E-state index in [-0.39, 0.29) is 0 Å². The Balaban J connectivity index is 2.71. The third kappa shape index (κ3) is 1.62. The number of aromatic nitrogens is 1. The lowest BCUT2D eigenvalue weighted by atomic mass is 10.1. The molecule has 0 spiro atoms. The van der Waals surface area contributed by atoms with Crippen LogP contribution in [0.4, 0.5) is 0 Å². The maximum absolute atomic E-state index is 9.07. The van der Waals surface area contributed by atoms with Crippen LogP contribution >= 0.6 is 0 Å². The molecule has 0 saturated heterocycles. The van der Waals surface area contributed by atoms with Crippen molar-refractivity contribution >= 4 is 10.8 Å². The average molecular weight is 198 g/mol. The van der Waals surface area contributed by atoms with Gasteiger partial charge in [-0.15, -0.1) is 0 Å². The molecule has 0 radical (unpaired) electrons. The summed E-state index contributed by atoms with van der Waals surface area (Å²) < 4.78 is 5.30. The van der Waals surface area contributed by atoms with E-state index < -0.39 is 0 Å². The van der Waals surface area contributed by atoms with Crippen LogP contribution in [-0.4, -0.2) is 11.6 Å². The standard InChI is InChI=1S/C12H10N2O/c1-2-15-12-11(7-13)10-6-4-3-5-9(10)8-14-12/h3-6,8H,2H2,1H3. The second kappa shape index (κ2) is 3.97. The van der Waals surface area contributed by atoms with Gasteiger partial charge in [-0.2, -0.15) is 5.26 Å². The zero-order chi connectivity index (χ0) is 10.7. The Labute approximate surface area is 87.9 Å². The molecular formula is C12H10N2O. The van der Waals surface area contributed by atoms with Crippen molar-refractivity contribution in [1.82, 2.24) is 4.98 Å². The Morgan fingerprint density at radius 3 is 2.93 bits per heavy atom. The van der Waals surface area contributed by atoms with E-state index in [0.29, 0.717) is 18.1 Å². The van der Waals surface area contributed by atoms with Crippen molar-refractivity contribution in [2.45, 2.75) is 6.92 Å². The van der Waals surface area contributed by atoms with Crippen LogP contribution in [0.1, 0.15) is 12.5 Å². The van der Waals surface area contributed by atoms with Crippen LogP contribution in [0.15, 0.2) is 30.5 Å². The Bertz CT molecular complexity index is 529. The van der Waals surface area contributed by atoms with Gasteiger partial charge in [0.15, 0.2) is 0 Å². The van der Waals surface area contributed by atoms with E-state index in [9.17, 15) is 0 Å². The number of benzene rings is 1. The lowest BCUT2D eigenvalue weighted by molar-refractivity contribution is 0.326. The summed E-state index contributed by atoms with van der Waals surface area (Å²) in [5.41, 5.74) is 0.509. The molecule has 2 rings (SSSR count). The lowest BCUT2D eigenvalue weighted by Gasteiger charge is -2.06. The molecule has 0 atom stereocenters. The van der Waals surface area contributed by atoms with Gasteiger partial charge in [-0.25, -0.2) is 4.98 Å². The van der Waals surface area contributed by atoms with Crippen LogP contribution in [-0.2, 0) is 0 Å². The molecule has 74 valence electrons. The van der Waals surface area contributed by atoms with Crippen LogP contribution in [0.2, 0.25) is 0 Å². The minimum Gasteiger partial charge on any atom is -0.477 e. The topological polar surface area (TPSA) is 45.9 Å². The van der Waals surface area contributed by atoms with Crippen LogP contribution in [0.3, 0.4) is 0 Å². The number of nitriles is 1. The van der Waals surface area contributed by atoms with Crippen LogP contribution in [0.25, 0.3) is 10.8 Å². The largest absolute Gasteiger partial charge is 0.477 e. The molecule has 3 heteroatoms. The Kier molecular flexibility index (Phi) is 2.51. The van der Waals surface area contributed by atoms with Crippen LogP contribution in [0, 0.1) is 11.3 Å². The molecule has 0 aliphatic heterocycles. The summed E-state index contributed by atoms with van der Waals surface area (Å²) in [4.78, 5) is 4.12. The first-order chi connectivity index (χ1) is 7.36. The average Bonchev–Trinajstić information content (AvgIpc) is 2.29. The predicted octanol–water partition coefficient (Wildman–Crippen LogP) is 2.51. The van der Waals surface area contributed by atoms with Gasteiger partial charge in [0.2, 0.25) is 5.88 Å². The van der Waals surface area contributed by atoms with Crippen molar-refractivity contribution in [2.24, 2.45) is 0 Å². The van der Waals surface area contributed by atoms with E-state index in [2.05, 4.69) is 11.1 Å². The zero-order valence-corrected chi connectivity index (χ0v) is 8.40. The first kappa shape index (κ1) is 9.47. The third-order valence-corrected chi connectivity index (χ3v) is 2.16. The Hall–Kier alpha value is -2.08. The van der Waals surface area contributed by atoms with Gasteiger partial charge in [0.05, 0.1) is 6.61 Å². The molecule has 0 aliphatic rings. The van der Waals surface area contributed by atoms with Gasteiger partial charge in [-0.3, -0.25) is 0 Å². The maximum Gasteiger partial charge on any atom is 0.232 e. The minimum atomic E-state index is 0.415. The Morgan fingerprint density at radius 2 is 2.20 bits per heavy atom. The molecule has 1 heterocycles. The highest BCUT2D eigenvalue weighted by molar-refractivity contribution is 5.88. The number of hydrogen-bond donors (Lipinski definition) is 0. The number of hydrogen-bond acceptors (Lipinski definition) is 3. The predicted molar refractivity (Wildman–Crippen MR) is 57.6 cm³/mol. The maximum atomic E-state index is 9.07. The SMILES string of the molecule is CCOc1ncc2ccccc2c1C#N. The minimum absolute atomic E-state index is 0.415. The van der Waals surface area contributed by atoms with Crippen molar-refractivity contribution in [2.75, 3.05) is 6.61 Å². The third-order valence-electron chi connectivity index (χ3n) is 2.16. The van der Waals surface area contributed by atoms with E-state index in [0.717, 1.165) is 10.8 Å². The highest BCUT2D eigenvalue weighted by Crippen LogP contribution is 2.24. The van der Waals surface area contributed by atoms with Crippen molar-refractivity contribution in [3.63, 3.8) is 0 Å². The molecule has 0 aliphatic carbocycles. The second-order valence-corrected chi connectivity index (χ2v) is 3.07. The van der Waals surface area contributed by atoms with Crippen LogP contribution in [0.5, 0.6) is 5.88 Å². The number of nitrogens with zero attached hydrogens (tertiary/aromatic N) is 2. The van der Waals surface area contributed by atoms with Gasteiger partial charge in [0.25, 0.3) is 0 Å². The second-order valence-electron chi connectivity index (χ2n) is 3.07. The highest BCUT2D eigenvalue weighted by Gasteiger charge is 2.08. The smallest absolute Gasteiger partial charge is 0.232 e. The molecular weight excluding hydrogens is 188 g/mol. The summed E-state index contributed by atoms with van der Waals surface area (Å²) in [5.74, 6) is 0.415. The first-order valence-corrected chi connectivity index (χ1v) is 4.77. The summed E-state index contributed by atoms with van der Waals surface area (Å²) in [6.45, 7) is 2.39. The fourth-order valence-corrected chi connectivity index (χ4v) is 1.50. The van der Waals surface area contributed by atoms with Gasteiger partial charge < -0.3 is 4.74 Å².